The van der Waals surface area contributed by atoms with Gasteiger partial charge >= 0.3 is 0 Å². The average Bonchev–Trinajstić information content (AvgIpc) is 2.76. The zero-order valence-electron chi connectivity index (χ0n) is 17.7. The third-order valence-corrected chi connectivity index (χ3v) is 5.83. The summed E-state index contributed by atoms with van der Waals surface area (Å²) in [6.45, 7) is 5.31. The van der Waals surface area contributed by atoms with Gasteiger partial charge in [0, 0.05) is 31.2 Å². The lowest BCUT2D eigenvalue weighted by Crippen LogP contribution is -2.43. The number of nitrogens with zero attached hydrogens (tertiary/aromatic N) is 1. The summed E-state index contributed by atoms with van der Waals surface area (Å²) in [7, 11) is 0. The Morgan fingerprint density at radius 1 is 1.20 bits per heavy atom. The van der Waals surface area contributed by atoms with Crippen LogP contribution in [0.2, 0.25) is 5.02 Å². The number of carbonyl (C=O) groups is 2. The highest BCUT2D eigenvalue weighted by Gasteiger charge is 2.28. The molecule has 6 heteroatoms. The van der Waals surface area contributed by atoms with Crippen molar-refractivity contribution in [1.29, 1.82) is 0 Å². The number of carbonyl (C=O) groups excluding carboxylic acids is 2. The van der Waals surface area contributed by atoms with Gasteiger partial charge in [-0.1, -0.05) is 48.9 Å². The summed E-state index contributed by atoms with van der Waals surface area (Å²) in [6, 6.07) is 15.8. The van der Waals surface area contributed by atoms with Crippen LogP contribution in [0.25, 0.3) is 0 Å². The fraction of sp³-hybridized carbons (Fsp3) is 0.417. The Labute approximate surface area is 183 Å². The maximum absolute atomic E-state index is 12.7. The third kappa shape index (κ3) is 5.76. The molecule has 2 amide bonds. The van der Waals surface area contributed by atoms with E-state index in [0.29, 0.717) is 23.7 Å². The van der Waals surface area contributed by atoms with Gasteiger partial charge in [0.25, 0.3) is 0 Å². The average molecular weight is 428 g/mol. The monoisotopic (exact) mass is 427 g/mol. The summed E-state index contributed by atoms with van der Waals surface area (Å²) >= 11 is 6.46. The van der Waals surface area contributed by atoms with E-state index >= 15 is 0 Å². The quantitative estimate of drug-likeness (QED) is 0.614. The Morgan fingerprint density at radius 2 is 1.97 bits per heavy atom. The summed E-state index contributed by atoms with van der Waals surface area (Å²) in [4.78, 5) is 26.7. The predicted molar refractivity (Wildman–Crippen MR) is 123 cm³/mol. The maximum atomic E-state index is 12.7. The van der Waals surface area contributed by atoms with Crippen molar-refractivity contribution in [3.63, 3.8) is 0 Å². The van der Waals surface area contributed by atoms with E-state index in [-0.39, 0.29) is 23.8 Å². The molecule has 1 aliphatic rings. The minimum atomic E-state index is -0.186. The van der Waals surface area contributed by atoms with Crippen LogP contribution >= 0.6 is 11.6 Å². The second kappa shape index (κ2) is 10.5. The Balaban J connectivity index is 1.59. The normalized spacial score (nSPS) is 17.3. The van der Waals surface area contributed by atoms with Gasteiger partial charge in [0.1, 0.15) is 0 Å². The van der Waals surface area contributed by atoms with Crippen LogP contribution in [0.15, 0.2) is 48.5 Å². The van der Waals surface area contributed by atoms with Crippen LogP contribution in [0, 0.1) is 5.92 Å². The fourth-order valence-corrected chi connectivity index (χ4v) is 4.04. The van der Waals surface area contributed by atoms with E-state index in [1.54, 1.807) is 6.07 Å². The summed E-state index contributed by atoms with van der Waals surface area (Å²) in [5.74, 6) is -0.103. The largest absolute Gasteiger partial charge is 0.377 e. The predicted octanol–water partition coefficient (Wildman–Crippen LogP) is 5.49. The number of piperidine rings is 1. The molecule has 1 aliphatic heterocycles. The van der Waals surface area contributed by atoms with Crippen molar-refractivity contribution >= 4 is 34.8 Å². The van der Waals surface area contributed by atoms with E-state index in [1.807, 2.05) is 42.2 Å². The molecular weight excluding hydrogens is 398 g/mol. The number of rotatable bonds is 7. The number of likely N-dealkylation sites (tertiary alicyclic amines) is 1. The zero-order valence-corrected chi connectivity index (χ0v) is 18.4. The van der Waals surface area contributed by atoms with Crippen molar-refractivity contribution in [2.24, 2.45) is 5.92 Å². The first kappa shape index (κ1) is 22.2. The molecule has 2 atom stereocenters. The molecule has 160 valence electrons. The SMILES string of the molecule is CCCC(=O)N1CCCC(C(=O)Nc2ccc(NC(C)c3ccccc3)c(Cl)c2)C1. The number of hydrogen-bond acceptors (Lipinski definition) is 3. The van der Waals surface area contributed by atoms with Crippen LogP contribution in [0.5, 0.6) is 0 Å². The first-order valence-corrected chi connectivity index (χ1v) is 11.1. The first-order valence-electron chi connectivity index (χ1n) is 10.7. The summed E-state index contributed by atoms with van der Waals surface area (Å²) in [5, 5.41) is 6.93. The van der Waals surface area contributed by atoms with E-state index in [0.717, 1.165) is 31.5 Å². The third-order valence-electron chi connectivity index (χ3n) is 5.52. The van der Waals surface area contributed by atoms with Crippen molar-refractivity contribution in [2.45, 2.75) is 45.6 Å². The van der Waals surface area contributed by atoms with Gasteiger partial charge in [-0.15, -0.1) is 0 Å². The molecule has 0 saturated carbocycles. The van der Waals surface area contributed by atoms with Crippen LogP contribution in [-0.4, -0.2) is 29.8 Å². The number of anilines is 2. The van der Waals surface area contributed by atoms with Crippen LogP contribution in [-0.2, 0) is 9.59 Å². The maximum Gasteiger partial charge on any atom is 0.229 e. The first-order chi connectivity index (χ1) is 14.5. The van der Waals surface area contributed by atoms with E-state index in [2.05, 4.69) is 29.7 Å². The van der Waals surface area contributed by atoms with E-state index in [9.17, 15) is 9.59 Å². The van der Waals surface area contributed by atoms with E-state index < -0.39 is 0 Å². The number of amides is 2. The van der Waals surface area contributed by atoms with Gasteiger partial charge in [-0.25, -0.2) is 0 Å². The van der Waals surface area contributed by atoms with E-state index in [1.165, 1.54) is 5.56 Å². The Hall–Kier alpha value is -2.53. The lowest BCUT2D eigenvalue weighted by molar-refractivity contribution is -0.134. The Morgan fingerprint density at radius 3 is 2.67 bits per heavy atom. The molecule has 3 rings (SSSR count). The number of benzene rings is 2. The molecule has 2 unspecified atom stereocenters. The summed E-state index contributed by atoms with van der Waals surface area (Å²) in [6.07, 6.45) is 3.02. The minimum Gasteiger partial charge on any atom is -0.377 e. The number of halogens is 1. The fourth-order valence-electron chi connectivity index (χ4n) is 3.80. The highest BCUT2D eigenvalue weighted by molar-refractivity contribution is 6.33. The zero-order chi connectivity index (χ0) is 21.5. The Bertz CT molecular complexity index is 872. The highest BCUT2D eigenvalue weighted by atomic mass is 35.5. The molecule has 0 radical (unpaired) electrons. The molecule has 1 heterocycles. The second-order valence-corrected chi connectivity index (χ2v) is 8.30. The van der Waals surface area contributed by atoms with Gasteiger partial charge in [-0.3, -0.25) is 9.59 Å². The molecule has 30 heavy (non-hydrogen) atoms. The topological polar surface area (TPSA) is 61.4 Å². The molecular formula is C24H30ClN3O2. The molecule has 2 N–H and O–H groups in total. The smallest absolute Gasteiger partial charge is 0.229 e. The van der Waals surface area contributed by atoms with Crippen LogP contribution in [0.3, 0.4) is 0 Å². The molecule has 2 aromatic rings. The molecule has 2 aromatic carbocycles. The van der Waals surface area contributed by atoms with E-state index in [4.69, 9.17) is 11.6 Å². The van der Waals surface area contributed by atoms with Gasteiger partial charge < -0.3 is 15.5 Å². The van der Waals surface area contributed by atoms with Crippen molar-refractivity contribution in [3.05, 3.63) is 59.1 Å². The number of nitrogens with one attached hydrogen (secondary N) is 2. The molecule has 1 fully saturated rings. The van der Waals surface area contributed by atoms with Crippen LogP contribution < -0.4 is 10.6 Å². The molecule has 0 bridgehead atoms. The van der Waals surface area contributed by atoms with Gasteiger partial charge in [0.2, 0.25) is 11.8 Å². The summed E-state index contributed by atoms with van der Waals surface area (Å²) in [5.41, 5.74) is 2.66. The molecule has 5 nitrogen and oxygen atoms in total. The van der Waals surface area contributed by atoms with Gasteiger partial charge in [-0.2, -0.15) is 0 Å². The lowest BCUT2D eigenvalue weighted by Gasteiger charge is -2.32. The van der Waals surface area contributed by atoms with Gasteiger partial charge in [0.05, 0.1) is 16.6 Å². The minimum absolute atomic E-state index is 0.0570. The number of hydrogen-bond donors (Lipinski definition) is 2. The Kier molecular flexibility index (Phi) is 7.75. The molecule has 0 aliphatic carbocycles. The van der Waals surface area contributed by atoms with Gasteiger partial charge in [-0.05, 0) is 49.9 Å². The van der Waals surface area contributed by atoms with Crippen molar-refractivity contribution in [3.8, 4) is 0 Å². The van der Waals surface area contributed by atoms with Crippen LogP contribution in [0.4, 0.5) is 11.4 Å². The van der Waals surface area contributed by atoms with Crippen molar-refractivity contribution in [1.82, 2.24) is 4.90 Å². The molecule has 0 spiro atoms. The van der Waals surface area contributed by atoms with Crippen LogP contribution in [0.1, 0.15) is 51.1 Å². The van der Waals surface area contributed by atoms with Crippen molar-refractivity contribution < 1.29 is 9.59 Å². The summed E-state index contributed by atoms with van der Waals surface area (Å²) < 4.78 is 0. The highest BCUT2D eigenvalue weighted by Crippen LogP contribution is 2.29. The van der Waals surface area contributed by atoms with Gasteiger partial charge in [0.15, 0.2) is 0 Å². The second-order valence-electron chi connectivity index (χ2n) is 7.89. The molecule has 1 saturated heterocycles. The lowest BCUT2D eigenvalue weighted by atomic mass is 9.96. The standard InChI is InChI=1S/C24H30ClN3O2/c1-3-8-23(29)28-14-7-11-19(16-28)24(30)27-20-12-13-22(21(25)15-20)26-17(2)18-9-5-4-6-10-18/h4-6,9-10,12-13,15,17,19,26H,3,7-8,11,14,16H2,1-2H3,(H,27,30). The van der Waals surface area contributed by atoms with Crippen molar-refractivity contribution in [2.75, 3.05) is 23.7 Å². The molecule has 0 aromatic heterocycles.